The standard InChI is InChI=1S/C57H36O/c1-3-17-37(18-4-1)42-31-15-19-39-20-16-32-43(52(39)42)38-33-35-41(36-34-38)57(40-21-5-2-6-22-40)53-48-27-11-7-23-44(48)46-25-9-13-29-50(46)55(53)58-56-51-30-14-10-26-47(51)45-24-8-12-28-49(45)54(56)57/h1-36H. The first-order valence-electron chi connectivity index (χ1n) is 20.1. The molecule has 1 heteroatoms. The molecule has 0 saturated heterocycles. The van der Waals surface area contributed by atoms with Gasteiger partial charge in [-0.3, -0.25) is 0 Å². The summed E-state index contributed by atoms with van der Waals surface area (Å²) in [5.74, 6) is 1.83. The Bertz CT molecular complexity index is 3270. The van der Waals surface area contributed by atoms with Crippen molar-refractivity contribution in [2.45, 2.75) is 5.41 Å². The lowest BCUT2D eigenvalue weighted by Crippen LogP contribution is -2.35. The maximum absolute atomic E-state index is 7.51. The van der Waals surface area contributed by atoms with Crippen LogP contribution in [0.1, 0.15) is 22.3 Å². The van der Waals surface area contributed by atoms with Crippen molar-refractivity contribution in [3.8, 4) is 33.8 Å². The molecule has 0 atom stereocenters. The number of hydrogen-bond donors (Lipinski definition) is 0. The van der Waals surface area contributed by atoms with Crippen LogP contribution in [0.25, 0.3) is 76.1 Å². The molecule has 58 heavy (non-hydrogen) atoms. The molecular formula is C57H36O. The normalized spacial score (nSPS) is 13.1. The SMILES string of the molecule is c1ccc(-c2cccc3cccc(-c4ccc(C5(c6ccccc6)c6c(c7ccccc7c7ccccc67)Oc6c5c5ccccc5c5ccccc65)cc4)c23)cc1. The summed E-state index contributed by atoms with van der Waals surface area (Å²) in [6.07, 6.45) is 0. The van der Waals surface area contributed by atoms with Crippen molar-refractivity contribution in [1.29, 1.82) is 0 Å². The molecule has 0 fully saturated rings. The largest absolute Gasteiger partial charge is 0.455 e. The third-order valence-corrected chi connectivity index (χ3v) is 12.5. The molecule has 270 valence electrons. The summed E-state index contributed by atoms with van der Waals surface area (Å²) in [6.45, 7) is 0. The van der Waals surface area contributed by atoms with E-state index in [4.69, 9.17) is 4.74 Å². The van der Waals surface area contributed by atoms with Gasteiger partial charge >= 0.3 is 0 Å². The van der Waals surface area contributed by atoms with Crippen LogP contribution in [-0.4, -0.2) is 0 Å². The van der Waals surface area contributed by atoms with Crippen molar-refractivity contribution < 1.29 is 4.74 Å². The highest BCUT2D eigenvalue weighted by Gasteiger charge is 2.49. The second kappa shape index (κ2) is 12.8. The van der Waals surface area contributed by atoms with E-state index in [9.17, 15) is 0 Å². The molecule has 0 amide bonds. The van der Waals surface area contributed by atoms with Gasteiger partial charge in [0.15, 0.2) is 0 Å². The van der Waals surface area contributed by atoms with Crippen LogP contribution in [0.5, 0.6) is 11.5 Å². The first kappa shape index (κ1) is 32.7. The number of rotatable bonds is 4. The second-order valence-electron chi connectivity index (χ2n) is 15.5. The van der Waals surface area contributed by atoms with Crippen molar-refractivity contribution >= 4 is 53.9 Å². The molecule has 12 rings (SSSR count). The van der Waals surface area contributed by atoms with Crippen LogP contribution in [0.4, 0.5) is 0 Å². The van der Waals surface area contributed by atoms with Gasteiger partial charge in [-0.15, -0.1) is 0 Å². The second-order valence-corrected chi connectivity index (χ2v) is 15.5. The lowest BCUT2D eigenvalue weighted by molar-refractivity contribution is 0.449. The Hall–Kier alpha value is -7.48. The van der Waals surface area contributed by atoms with Crippen LogP contribution in [-0.2, 0) is 5.41 Å². The fraction of sp³-hybridized carbons (Fsp3) is 0.0175. The lowest BCUT2D eigenvalue weighted by Gasteiger charge is -2.44. The Kier molecular flexibility index (Phi) is 7.21. The Labute approximate surface area is 337 Å². The summed E-state index contributed by atoms with van der Waals surface area (Å²) in [5, 5.41) is 11.9. The molecule has 11 aromatic carbocycles. The van der Waals surface area contributed by atoms with Gasteiger partial charge in [0.05, 0.1) is 5.41 Å². The van der Waals surface area contributed by atoms with Crippen LogP contribution in [0, 0.1) is 0 Å². The Morgan fingerprint density at radius 1 is 0.276 bits per heavy atom. The predicted octanol–water partition coefficient (Wildman–Crippen LogP) is 15.3. The van der Waals surface area contributed by atoms with Gasteiger partial charge in [-0.2, -0.15) is 0 Å². The monoisotopic (exact) mass is 736 g/mol. The zero-order valence-corrected chi connectivity index (χ0v) is 31.7. The lowest BCUT2D eigenvalue weighted by atomic mass is 9.61. The number of hydrogen-bond acceptors (Lipinski definition) is 1. The minimum Gasteiger partial charge on any atom is -0.455 e. The zero-order valence-electron chi connectivity index (χ0n) is 31.7. The van der Waals surface area contributed by atoms with Crippen molar-refractivity contribution in [2.75, 3.05) is 0 Å². The van der Waals surface area contributed by atoms with Crippen LogP contribution < -0.4 is 4.74 Å². The van der Waals surface area contributed by atoms with Crippen LogP contribution in [0.3, 0.4) is 0 Å². The van der Waals surface area contributed by atoms with Crippen molar-refractivity contribution in [2.24, 2.45) is 0 Å². The van der Waals surface area contributed by atoms with E-state index in [1.54, 1.807) is 0 Å². The molecule has 0 radical (unpaired) electrons. The zero-order chi connectivity index (χ0) is 38.2. The summed E-state index contributed by atoms with van der Waals surface area (Å²) in [6, 6.07) is 80.0. The average molecular weight is 737 g/mol. The smallest absolute Gasteiger partial charge is 0.140 e. The molecule has 1 heterocycles. The topological polar surface area (TPSA) is 9.23 Å². The van der Waals surface area contributed by atoms with Crippen molar-refractivity contribution in [1.82, 2.24) is 0 Å². The summed E-state index contributed by atoms with van der Waals surface area (Å²) < 4.78 is 7.51. The molecule has 0 spiro atoms. The highest BCUT2D eigenvalue weighted by atomic mass is 16.5. The number of ether oxygens (including phenoxy) is 1. The molecule has 1 nitrogen and oxygen atoms in total. The molecule has 0 unspecified atom stereocenters. The first-order chi connectivity index (χ1) is 28.8. The quantitative estimate of drug-likeness (QED) is 0.164. The third-order valence-electron chi connectivity index (χ3n) is 12.5. The Morgan fingerprint density at radius 3 is 1.16 bits per heavy atom. The van der Waals surface area contributed by atoms with E-state index in [2.05, 4.69) is 218 Å². The molecule has 1 aliphatic rings. The van der Waals surface area contributed by atoms with Gasteiger partial charge in [0, 0.05) is 21.9 Å². The molecule has 0 saturated carbocycles. The van der Waals surface area contributed by atoms with Gasteiger partial charge in [0.1, 0.15) is 11.5 Å². The van der Waals surface area contributed by atoms with Gasteiger partial charge in [0.25, 0.3) is 0 Å². The van der Waals surface area contributed by atoms with Gasteiger partial charge in [-0.25, -0.2) is 0 Å². The van der Waals surface area contributed by atoms with E-state index in [0.717, 1.165) is 22.3 Å². The number of fused-ring (bicyclic) bond motifs is 13. The Balaban J connectivity index is 1.24. The highest BCUT2D eigenvalue weighted by Crippen LogP contribution is 2.62. The summed E-state index contributed by atoms with van der Waals surface area (Å²) in [7, 11) is 0. The van der Waals surface area contributed by atoms with E-state index < -0.39 is 5.41 Å². The van der Waals surface area contributed by atoms with E-state index in [-0.39, 0.29) is 0 Å². The van der Waals surface area contributed by atoms with E-state index >= 15 is 0 Å². The van der Waals surface area contributed by atoms with Gasteiger partial charge < -0.3 is 4.74 Å². The summed E-state index contributed by atoms with van der Waals surface area (Å²) in [5.41, 5.74) is 8.83. The minimum absolute atomic E-state index is 0.760. The van der Waals surface area contributed by atoms with E-state index in [1.165, 1.54) is 87.6 Å². The predicted molar refractivity (Wildman–Crippen MR) is 243 cm³/mol. The molecule has 0 N–H and O–H groups in total. The van der Waals surface area contributed by atoms with Crippen molar-refractivity contribution in [3.63, 3.8) is 0 Å². The fourth-order valence-corrected chi connectivity index (χ4v) is 10.2. The average Bonchev–Trinajstić information content (AvgIpc) is 3.31. The summed E-state index contributed by atoms with van der Waals surface area (Å²) in [4.78, 5) is 0. The van der Waals surface area contributed by atoms with Crippen molar-refractivity contribution in [3.05, 3.63) is 241 Å². The van der Waals surface area contributed by atoms with Crippen LogP contribution in [0.2, 0.25) is 0 Å². The number of benzene rings is 11. The molecule has 11 aromatic rings. The van der Waals surface area contributed by atoms with Gasteiger partial charge in [-0.1, -0.05) is 218 Å². The highest BCUT2D eigenvalue weighted by molar-refractivity contribution is 6.18. The molecule has 1 aliphatic heterocycles. The van der Waals surface area contributed by atoms with Crippen LogP contribution >= 0.6 is 0 Å². The van der Waals surface area contributed by atoms with E-state index in [0.29, 0.717) is 0 Å². The third kappa shape index (κ3) is 4.59. The molecule has 0 bridgehead atoms. The first-order valence-corrected chi connectivity index (χ1v) is 20.1. The van der Waals surface area contributed by atoms with Crippen LogP contribution in [0.15, 0.2) is 218 Å². The molecular weight excluding hydrogens is 701 g/mol. The fourth-order valence-electron chi connectivity index (χ4n) is 10.2. The summed E-state index contributed by atoms with van der Waals surface area (Å²) >= 11 is 0. The Morgan fingerprint density at radius 2 is 0.655 bits per heavy atom. The van der Waals surface area contributed by atoms with Gasteiger partial charge in [0.2, 0.25) is 0 Å². The molecule has 0 aromatic heterocycles. The van der Waals surface area contributed by atoms with Gasteiger partial charge in [-0.05, 0) is 76.5 Å². The molecule has 0 aliphatic carbocycles. The minimum atomic E-state index is -0.760. The van der Waals surface area contributed by atoms with E-state index in [1.807, 2.05) is 0 Å². The maximum Gasteiger partial charge on any atom is 0.140 e. The maximum atomic E-state index is 7.51.